The fourth-order valence-electron chi connectivity index (χ4n) is 0.887. The topological polar surface area (TPSA) is 49.8 Å². The second-order valence-electron chi connectivity index (χ2n) is 4.55. The molecule has 0 heterocycles. The van der Waals surface area contributed by atoms with Crippen molar-refractivity contribution in [3.8, 4) is 0 Å². The second-order valence-corrected chi connectivity index (χ2v) is 4.86. The van der Waals surface area contributed by atoms with Crippen LogP contribution in [0.25, 0.3) is 0 Å². The SMILES string of the molecule is CC(C(O)CCl)N(C)C(=O)OC(C)(C)C. The van der Waals surface area contributed by atoms with Gasteiger partial charge in [-0.15, -0.1) is 11.6 Å². The Kier molecular flexibility index (Phi) is 5.38. The summed E-state index contributed by atoms with van der Waals surface area (Å²) in [5.74, 6) is 0.0916. The van der Waals surface area contributed by atoms with E-state index in [0.29, 0.717) is 0 Å². The van der Waals surface area contributed by atoms with Crippen LogP contribution in [0, 0.1) is 0 Å². The van der Waals surface area contributed by atoms with Crippen molar-refractivity contribution in [1.29, 1.82) is 0 Å². The molecule has 4 nitrogen and oxygen atoms in total. The van der Waals surface area contributed by atoms with Crippen LogP contribution in [0.5, 0.6) is 0 Å². The molecule has 15 heavy (non-hydrogen) atoms. The van der Waals surface area contributed by atoms with Gasteiger partial charge in [-0.05, 0) is 27.7 Å². The summed E-state index contributed by atoms with van der Waals surface area (Å²) in [4.78, 5) is 12.9. The standard InChI is InChI=1S/C10H20ClNO3/c1-7(8(13)6-11)12(5)9(14)15-10(2,3)4/h7-8,13H,6H2,1-5H3. The third-order valence-electron chi connectivity index (χ3n) is 2.01. The largest absolute Gasteiger partial charge is 0.444 e. The lowest BCUT2D eigenvalue weighted by molar-refractivity contribution is 0.00887. The van der Waals surface area contributed by atoms with E-state index in [2.05, 4.69) is 0 Å². The van der Waals surface area contributed by atoms with Crippen molar-refractivity contribution in [2.75, 3.05) is 12.9 Å². The molecule has 0 spiro atoms. The number of alkyl halides is 1. The van der Waals surface area contributed by atoms with Crippen molar-refractivity contribution < 1.29 is 14.6 Å². The van der Waals surface area contributed by atoms with E-state index in [4.69, 9.17) is 16.3 Å². The molecule has 0 aliphatic rings. The molecule has 0 aromatic carbocycles. The summed E-state index contributed by atoms with van der Waals surface area (Å²) in [5.41, 5.74) is -0.531. The van der Waals surface area contributed by atoms with Gasteiger partial charge in [-0.1, -0.05) is 0 Å². The van der Waals surface area contributed by atoms with Crippen LogP contribution in [0.4, 0.5) is 4.79 Å². The van der Waals surface area contributed by atoms with Crippen LogP contribution in [-0.2, 0) is 4.74 Å². The smallest absolute Gasteiger partial charge is 0.410 e. The van der Waals surface area contributed by atoms with Gasteiger partial charge in [0.25, 0.3) is 0 Å². The Balaban J connectivity index is 4.32. The summed E-state index contributed by atoms with van der Waals surface area (Å²) in [6.45, 7) is 7.10. The number of hydrogen-bond donors (Lipinski definition) is 1. The van der Waals surface area contributed by atoms with E-state index < -0.39 is 17.8 Å². The van der Waals surface area contributed by atoms with E-state index >= 15 is 0 Å². The fraction of sp³-hybridized carbons (Fsp3) is 0.900. The predicted molar refractivity (Wildman–Crippen MR) is 60.2 cm³/mol. The summed E-state index contributed by atoms with van der Waals surface area (Å²) >= 11 is 5.50. The van der Waals surface area contributed by atoms with Crippen LogP contribution in [0.1, 0.15) is 27.7 Å². The Morgan fingerprint density at radius 1 is 1.53 bits per heavy atom. The molecule has 5 heteroatoms. The van der Waals surface area contributed by atoms with E-state index in [0.717, 1.165) is 0 Å². The minimum Gasteiger partial charge on any atom is -0.444 e. The number of aliphatic hydroxyl groups is 1. The fourth-order valence-corrected chi connectivity index (χ4v) is 1.15. The van der Waals surface area contributed by atoms with Crippen molar-refractivity contribution in [3.63, 3.8) is 0 Å². The number of carbonyl (C=O) groups is 1. The van der Waals surface area contributed by atoms with Gasteiger partial charge < -0.3 is 14.7 Å². The lowest BCUT2D eigenvalue weighted by Crippen LogP contribution is -2.45. The zero-order chi connectivity index (χ0) is 12.2. The molecule has 0 bridgehead atoms. The second kappa shape index (κ2) is 5.56. The zero-order valence-corrected chi connectivity index (χ0v) is 10.7. The maximum atomic E-state index is 11.6. The average Bonchev–Trinajstić information content (AvgIpc) is 2.11. The highest BCUT2D eigenvalue weighted by atomic mass is 35.5. The number of amides is 1. The Bertz CT molecular complexity index is 215. The first-order chi connectivity index (χ1) is 6.69. The molecule has 1 N–H and O–H groups in total. The predicted octanol–water partition coefficient (Wildman–Crippen LogP) is 1.84. The van der Waals surface area contributed by atoms with Gasteiger partial charge in [-0.2, -0.15) is 0 Å². The highest BCUT2D eigenvalue weighted by molar-refractivity contribution is 6.18. The van der Waals surface area contributed by atoms with Crippen molar-refractivity contribution in [1.82, 2.24) is 4.90 Å². The van der Waals surface area contributed by atoms with Gasteiger partial charge in [-0.25, -0.2) is 4.79 Å². The van der Waals surface area contributed by atoms with Crippen LogP contribution in [-0.4, -0.2) is 46.8 Å². The number of halogens is 1. The third kappa shape index (κ3) is 5.23. The number of aliphatic hydroxyl groups excluding tert-OH is 1. The highest BCUT2D eigenvalue weighted by Gasteiger charge is 2.26. The van der Waals surface area contributed by atoms with E-state index in [9.17, 15) is 9.90 Å². The molecule has 0 fully saturated rings. The van der Waals surface area contributed by atoms with Crippen LogP contribution in [0.15, 0.2) is 0 Å². The number of nitrogens with zero attached hydrogens (tertiary/aromatic N) is 1. The first-order valence-corrected chi connectivity index (χ1v) is 5.42. The summed E-state index contributed by atoms with van der Waals surface area (Å²) < 4.78 is 5.15. The Labute approximate surface area is 96.2 Å². The molecular weight excluding hydrogens is 218 g/mol. The van der Waals surface area contributed by atoms with Crippen molar-refractivity contribution in [2.45, 2.75) is 45.4 Å². The van der Waals surface area contributed by atoms with Gasteiger partial charge >= 0.3 is 6.09 Å². The minimum atomic E-state index is -0.746. The molecule has 2 atom stereocenters. The first kappa shape index (κ1) is 14.5. The number of rotatable bonds is 3. The van der Waals surface area contributed by atoms with Gasteiger partial charge in [0.2, 0.25) is 0 Å². The molecule has 0 aliphatic carbocycles. The first-order valence-electron chi connectivity index (χ1n) is 4.89. The average molecular weight is 238 g/mol. The molecule has 0 radical (unpaired) electrons. The van der Waals surface area contributed by atoms with Crippen molar-refractivity contribution in [2.24, 2.45) is 0 Å². The summed E-state index contributed by atoms with van der Waals surface area (Å²) in [6.07, 6.45) is -1.21. The summed E-state index contributed by atoms with van der Waals surface area (Å²) in [5, 5.41) is 9.46. The molecule has 0 rings (SSSR count). The van der Waals surface area contributed by atoms with Gasteiger partial charge in [0.05, 0.1) is 18.0 Å². The number of ether oxygens (including phenoxy) is 1. The minimum absolute atomic E-state index is 0.0916. The van der Waals surface area contributed by atoms with E-state index in [1.165, 1.54) is 4.90 Å². The van der Waals surface area contributed by atoms with Gasteiger partial charge in [0.15, 0.2) is 0 Å². The van der Waals surface area contributed by atoms with Crippen LogP contribution >= 0.6 is 11.6 Å². The molecule has 2 unspecified atom stereocenters. The number of hydrogen-bond acceptors (Lipinski definition) is 3. The van der Waals surface area contributed by atoms with Crippen LogP contribution < -0.4 is 0 Å². The maximum absolute atomic E-state index is 11.6. The van der Waals surface area contributed by atoms with Gasteiger partial charge in [0.1, 0.15) is 5.60 Å². The monoisotopic (exact) mass is 237 g/mol. The Morgan fingerprint density at radius 3 is 2.33 bits per heavy atom. The van der Waals surface area contributed by atoms with Crippen LogP contribution in [0.2, 0.25) is 0 Å². The molecule has 1 amide bonds. The zero-order valence-electron chi connectivity index (χ0n) is 9.95. The van der Waals surface area contributed by atoms with E-state index in [1.807, 2.05) is 0 Å². The maximum Gasteiger partial charge on any atom is 0.410 e. The van der Waals surface area contributed by atoms with Crippen molar-refractivity contribution >= 4 is 17.7 Å². The van der Waals surface area contributed by atoms with Gasteiger partial charge in [0, 0.05) is 7.05 Å². The quantitative estimate of drug-likeness (QED) is 0.762. The normalized spacial score (nSPS) is 15.7. The number of carbonyl (C=O) groups excluding carboxylic acids is 1. The van der Waals surface area contributed by atoms with Gasteiger partial charge in [-0.3, -0.25) is 0 Å². The van der Waals surface area contributed by atoms with E-state index in [1.54, 1.807) is 34.7 Å². The van der Waals surface area contributed by atoms with Crippen LogP contribution in [0.3, 0.4) is 0 Å². The highest BCUT2D eigenvalue weighted by Crippen LogP contribution is 2.12. The number of likely N-dealkylation sites (N-methyl/N-ethyl adjacent to an activating group) is 1. The molecule has 0 saturated carbocycles. The van der Waals surface area contributed by atoms with Crippen molar-refractivity contribution in [3.05, 3.63) is 0 Å². The summed E-state index contributed by atoms with van der Waals surface area (Å²) in [7, 11) is 1.58. The van der Waals surface area contributed by atoms with E-state index in [-0.39, 0.29) is 11.9 Å². The lowest BCUT2D eigenvalue weighted by atomic mass is 10.2. The molecule has 0 aliphatic heterocycles. The molecule has 0 aromatic heterocycles. The molecule has 0 aromatic rings. The Morgan fingerprint density at radius 2 is 2.00 bits per heavy atom. The Hall–Kier alpha value is -0.480. The lowest BCUT2D eigenvalue weighted by Gasteiger charge is -2.30. The molecular formula is C10H20ClNO3. The third-order valence-corrected chi connectivity index (χ3v) is 2.32. The summed E-state index contributed by atoms with van der Waals surface area (Å²) in [6, 6.07) is -0.364. The molecule has 0 saturated heterocycles. The molecule has 90 valence electrons.